The van der Waals surface area contributed by atoms with E-state index >= 15 is 0 Å². The van der Waals surface area contributed by atoms with Gasteiger partial charge in [-0.1, -0.05) is 0 Å². The summed E-state index contributed by atoms with van der Waals surface area (Å²) in [6, 6.07) is 5.80. The highest BCUT2D eigenvalue weighted by Crippen LogP contribution is 2.33. The molecule has 1 heterocycles. The lowest BCUT2D eigenvalue weighted by Gasteiger charge is -2.36. The van der Waals surface area contributed by atoms with E-state index < -0.39 is 10.0 Å². The van der Waals surface area contributed by atoms with E-state index in [1.165, 1.54) is 6.42 Å². The Bertz CT molecular complexity index is 557. The minimum Gasteiger partial charge on any atom is -0.399 e. The summed E-state index contributed by atoms with van der Waals surface area (Å²) in [6.07, 6.45) is 4.64. The molecule has 3 N–H and O–H groups in total. The van der Waals surface area contributed by atoms with Crippen molar-refractivity contribution in [1.82, 2.24) is 0 Å². The summed E-state index contributed by atoms with van der Waals surface area (Å²) < 4.78 is 25.5. The Labute approximate surface area is 114 Å². The van der Waals surface area contributed by atoms with Crippen LogP contribution in [0.2, 0.25) is 0 Å². The molecule has 1 aromatic rings. The van der Waals surface area contributed by atoms with Crippen molar-refractivity contribution in [3.8, 4) is 0 Å². The SMILES string of the molecule is CC1CCCCN1c1ccc(N)cc1NS(C)(=O)=O. The van der Waals surface area contributed by atoms with Gasteiger partial charge in [-0.15, -0.1) is 0 Å². The van der Waals surface area contributed by atoms with Crippen LogP contribution < -0.4 is 15.4 Å². The fourth-order valence-electron chi connectivity index (χ4n) is 2.54. The maximum atomic E-state index is 11.5. The summed E-state index contributed by atoms with van der Waals surface area (Å²) in [5.74, 6) is 0. The molecule has 0 radical (unpaired) electrons. The minimum atomic E-state index is -3.30. The molecular weight excluding hydrogens is 262 g/mol. The van der Waals surface area contributed by atoms with Crippen LogP contribution in [0.5, 0.6) is 0 Å². The predicted octanol–water partition coefficient (Wildman–Crippen LogP) is 2.02. The van der Waals surface area contributed by atoms with Crippen molar-refractivity contribution in [2.24, 2.45) is 0 Å². The number of hydrogen-bond donors (Lipinski definition) is 2. The molecule has 5 nitrogen and oxygen atoms in total. The van der Waals surface area contributed by atoms with Gasteiger partial charge in [-0.3, -0.25) is 4.72 Å². The number of benzene rings is 1. The van der Waals surface area contributed by atoms with E-state index in [4.69, 9.17) is 5.73 Å². The molecule has 0 amide bonds. The van der Waals surface area contributed by atoms with Gasteiger partial charge < -0.3 is 10.6 Å². The molecule has 0 saturated carbocycles. The third kappa shape index (κ3) is 3.53. The van der Waals surface area contributed by atoms with E-state index in [1.54, 1.807) is 6.07 Å². The number of sulfonamides is 1. The number of hydrogen-bond acceptors (Lipinski definition) is 4. The molecule has 1 fully saturated rings. The molecule has 1 aliphatic rings. The zero-order valence-electron chi connectivity index (χ0n) is 11.4. The Morgan fingerprint density at radius 3 is 2.74 bits per heavy atom. The van der Waals surface area contributed by atoms with E-state index in [1.807, 2.05) is 12.1 Å². The van der Waals surface area contributed by atoms with Crippen molar-refractivity contribution >= 4 is 27.1 Å². The lowest BCUT2D eigenvalue weighted by molar-refractivity contribution is 0.485. The first-order valence-corrected chi connectivity index (χ1v) is 8.40. The van der Waals surface area contributed by atoms with Crippen LogP contribution in [0.15, 0.2) is 18.2 Å². The average molecular weight is 283 g/mol. The quantitative estimate of drug-likeness (QED) is 0.832. The molecule has 1 aliphatic heterocycles. The number of piperidine rings is 1. The summed E-state index contributed by atoms with van der Waals surface area (Å²) in [6.45, 7) is 3.11. The van der Waals surface area contributed by atoms with Gasteiger partial charge in [-0.25, -0.2) is 8.42 Å². The number of anilines is 3. The molecule has 1 aromatic carbocycles. The number of nitrogens with zero attached hydrogens (tertiary/aromatic N) is 1. The monoisotopic (exact) mass is 283 g/mol. The molecule has 1 atom stereocenters. The molecular formula is C13H21N3O2S. The summed E-state index contributed by atoms with van der Waals surface area (Å²) in [5.41, 5.74) is 7.79. The van der Waals surface area contributed by atoms with Gasteiger partial charge >= 0.3 is 0 Å². The standard InChI is InChI=1S/C13H21N3O2S/c1-10-5-3-4-8-16(10)13-7-6-11(14)9-12(13)15-19(2,17)18/h6-7,9-10,15H,3-5,8,14H2,1-2H3. The lowest BCUT2D eigenvalue weighted by atomic mass is 10.0. The Hall–Kier alpha value is -1.43. The van der Waals surface area contributed by atoms with E-state index in [9.17, 15) is 8.42 Å². The molecule has 0 aliphatic carbocycles. The van der Waals surface area contributed by atoms with Gasteiger partial charge in [0.15, 0.2) is 0 Å². The highest BCUT2D eigenvalue weighted by Gasteiger charge is 2.21. The molecule has 6 heteroatoms. The van der Waals surface area contributed by atoms with Crippen LogP contribution in [-0.2, 0) is 10.0 Å². The largest absolute Gasteiger partial charge is 0.399 e. The van der Waals surface area contributed by atoms with Gasteiger partial charge in [-0.2, -0.15) is 0 Å². The second-order valence-corrected chi connectivity index (χ2v) is 6.94. The Morgan fingerprint density at radius 1 is 1.37 bits per heavy atom. The number of nitrogen functional groups attached to an aromatic ring is 1. The van der Waals surface area contributed by atoms with Crippen molar-refractivity contribution in [1.29, 1.82) is 0 Å². The average Bonchev–Trinajstić information content (AvgIpc) is 2.28. The summed E-state index contributed by atoms with van der Waals surface area (Å²) in [4.78, 5) is 2.25. The third-order valence-corrected chi connectivity index (χ3v) is 4.02. The van der Waals surface area contributed by atoms with Crippen LogP contribution >= 0.6 is 0 Å². The second-order valence-electron chi connectivity index (χ2n) is 5.19. The lowest BCUT2D eigenvalue weighted by Crippen LogP contribution is -2.38. The van der Waals surface area contributed by atoms with Crippen LogP contribution in [0.1, 0.15) is 26.2 Å². The second kappa shape index (κ2) is 5.28. The van der Waals surface area contributed by atoms with E-state index in [0.29, 0.717) is 17.4 Å². The van der Waals surface area contributed by atoms with Crippen LogP contribution in [-0.4, -0.2) is 27.3 Å². The van der Waals surface area contributed by atoms with E-state index in [0.717, 1.165) is 31.3 Å². The predicted molar refractivity (Wildman–Crippen MR) is 80.0 cm³/mol. The minimum absolute atomic E-state index is 0.414. The van der Waals surface area contributed by atoms with Gasteiger partial charge in [-0.05, 0) is 44.4 Å². The molecule has 1 unspecified atom stereocenters. The van der Waals surface area contributed by atoms with Crippen LogP contribution in [0.25, 0.3) is 0 Å². The molecule has 106 valence electrons. The summed E-state index contributed by atoms with van der Waals surface area (Å²) in [7, 11) is -3.30. The van der Waals surface area contributed by atoms with Crippen molar-refractivity contribution in [2.75, 3.05) is 28.2 Å². The first-order valence-electron chi connectivity index (χ1n) is 6.51. The maximum absolute atomic E-state index is 11.5. The Kier molecular flexibility index (Phi) is 3.89. The topological polar surface area (TPSA) is 75.4 Å². The van der Waals surface area contributed by atoms with Crippen LogP contribution in [0.3, 0.4) is 0 Å². The fraction of sp³-hybridized carbons (Fsp3) is 0.538. The number of rotatable bonds is 3. The highest BCUT2D eigenvalue weighted by atomic mass is 32.2. The smallest absolute Gasteiger partial charge is 0.229 e. The van der Waals surface area contributed by atoms with Gasteiger partial charge in [0.1, 0.15) is 0 Å². The van der Waals surface area contributed by atoms with Gasteiger partial charge in [0.2, 0.25) is 10.0 Å². The number of nitrogens with one attached hydrogen (secondary N) is 1. The van der Waals surface area contributed by atoms with E-state index in [-0.39, 0.29) is 0 Å². The molecule has 1 saturated heterocycles. The van der Waals surface area contributed by atoms with Crippen molar-refractivity contribution in [3.05, 3.63) is 18.2 Å². The van der Waals surface area contributed by atoms with E-state index in [2.05, 4.69) is 16.5 Å². The third-order valence-electron chi connectivity index (χ3n) is 3.43. The zero-order chi connectivity index (χ0) is 14.0. The first kappa shape index (κ1) is 14.0. The Morgan fingerprint density at radius 2 is 2.11 bits per heavy atom. The summed E-state index contributed by atoms with van der Waals surface area (Å²) >= 11 is 0. The normalized spacial score (nSPS) is 20.3. The molecule has 0 spiro atoms. The van der Waals surface area contributed by atoms with Gasteiger partial charge in [0, 0.05) is 18.3 Å². The molecule has 0 aromatic heterocycles. The van der Waals surface area contributed by atoms with Crippen molar-refractivity contribution < 1.29 is 8.42 Å². The molecule has 19 heavy (non-hydrogen) atoms. The maximum Gasteiger partial charge on any atom is 0.229 e. The van der Waals surface area contributed by atoms with Crippen LogP contribution in [0.4, 0.5) is 17.1 Å². The fourth-order valence-corrected chi connectivity index (χ4v) is 3.10. The summed E-state index contributed by atoms with van der Waals surface area (Å²) in [5, 5.41) is 0. The number of nitrogens with two attached hydrogens (primary N) is 1. The first-order chi connectivity index (χ1) is 8.87. The van der Waals surface area contributed by atoms with Crippen molar-refractivity contribution in [3.63, 3.8) is 0 Å². The van der Waals surface area contributed by atoms with Crippen LogP contribution in [0, 0.1) is 0 Å². The highest BCUT2D eigenvalue weighted by molar-refractivity contribution is 7.92. The van der Waals surface area contributed by atoms with Gasteiger partial charge in [0.25, 0.3) is 0 Å². The zero-order valence-corrected chi connectivity index (χ0v) is 12.2. The van der Waals surface area contributed by atoms with Gasteiger partial charge in [0.05, 0.1) is 17.6 Å². The Balaban J connectivity index is 2.38. The molecule has 2 rings (SSSR count). The van der Waals surface area contributed by atoms with Crippen molar-refractivity contribution in [2.45, 2.75) is 32.2 Å². The molecule has 0 bridgehead atoms.